The van der Waals surface area contributed by atoms with E-state index in [4.69, 9.17) is 5.73 Å². The van der Waals surface area contributed by atoms with Crippen molar-refractivity contribution in [3.8, 4) is 0 Å². The molecule has 0 aromatic heterocycles. The number of nitrogens with one attached hydrogen (secondary N) is 1. The first-order valence-corrected chi connectivity index (χ1v) is 7.55. The summed E-state index contributed by atoms with van der Waals surface area (Å²) in [7, 11) is 0. The van der Waals surface area contributed by atoms with E-state index in [1.807, 2.05) is 55.5 Å². The van der Waals surface area contributed by atoms with Gasteiger partial charge in [0.1, 0.15) is 6.04 Å². The summed E-state index contributed by atoms with van der Waals surface area (Å²) >= 11 is 0. The van der Waals surface area contributed by atoms with E-state index >= 15 is 0 Å². The van der Waals surface area contributed by atoms with Crippen LogP contribution in [0.2, 0.25) is 0 Å². The number of nitrogens with zero attached hydrogens (tertiary/aromatic N) is 1. The Morgan fingerprint density at radius 1 is 1.13 bits per heavy atom. The molecule has 3 rings (SSSR count). The second-order valence-electron chi connectivity index (χ2n) is 5.82. The molecule has 0 aliphatic carbocycles. The van der Waals surface area contributed by atoms with Crippen molar-refractivity contribution >= 4 is 17.6 Å². The topological polar surface area (TPSA) is 75.4 Å². The van der Waals surface area contributed by atoms with Gasteiger partial charge in [-0.2, -0.15) is 0 Å². The fourth-order valence-electron chi connectivity index (χ4n) is 2.91. The maximum Gasteiger partial charge on any atom is 0.322 e. The number of rotatable bonds is 2. The predicted molar refractivity (Wildman–Crippen MR) is 88.9 cm³/mol. The number of primary amides is 1. The van der Waals surface area contributed by atoms with Gasteiger partial charge in [-0.1, -0.05) is 36.4 Å². The van der Waals surface area contributed by atoms with E-state index in [0.717, 1.165) is 16.7 Å². The van der Waals surface area contributed by atoms with E-state index in [1.54, 1.807) is 0 Å². The average Bonchev–Trinajstić information content (AvgIpc) is 2.53. The third-order valence-electron chi connectivity index (χ3n) is 4.11. The minimum atomic E-state index is -0.630. The molecule has 118 valence electrons. The molecule has 0 saturated heterocycles. The molecule has 0 spiro atoms. The molecule has 3 amide bonds. The number of amides is 3. The van der Waals surface area contributed by atoms with Crippen LogP contribution in [-0.2, 0) is 17.8 Å². The molecule has 3 N–H and O–H groups in total. The normalized spacial score (nSPS) is 16.6. The first-order chi connectivity index (χ1) is 11.0. The van der Waals surface area contributed by atoms with Gasteiger partial charge < -0.3 is 16.0 Å². The van der Waals surface area contributed by atoms with Gasteiger partial charge in [-0.05, 0) is 35.7 Å². The minimum Gasteiger partial charge on any atom is -0.368 e. The van der Waals surface area contributed by atoms with E-state index < -0.39 is 11.9 Å². The lowest BCUT2D eigenvalue weighted by Crippen LogP contribution is -2.52. The number of fused-ring (bicyclic) bond motifs is 1. The molecular formula is C18H19N3O2. The highest BCUT2D eigenvalue weighted by molar-refractivity contribution is 5.94. The maximum atomic E-state index is 12.6. The van der Waals surface area contributed by atoms with E-state index in [9.17, 15) is 9.59 Å². The van der Waals surface area contributed by atoms with Gasteiger partial charge in [0.25, 0.3) is 0 Å². The number of carbonyl (C=O) groups excluding carboxylic acids is 2. The Bertz CT molecular complexity index is 757. The molecular weight excluding hydrogens is 290 g/mol. The van der Waals surface area contributed by atoms with Gasteiger partial charge >= 0.3 is 6.03 Å². The molecule has 0 unspecified atom stereocenters. The number of hydrogen-bond donors (Lipinski definition) is 2. The van der Waals surface area contributed by atoms with Crippen LogP contribution in [0.1, 0.15) is 16.7 Å². The SMILES string of the molecule is Cc1cccc(NC(=O)N2Cc3ccccc3C[C@H]2C(N)=O)c1. The lowest BCUT2D eigenvalue weighted by atomic mass is 9.94. The molecule has 0 bridgehead atoms. The van der Waals surface area contributed by atoms with Crippen molar-refractivity contribution in [1.82, 2.24) is 4.90 Å². The summed E-state index contributed by atoms with van der Waals surface area (Å²) in [5, 5.41) is 2.85. The lowest BCUT2D eigenvalue weighted by molar-refractivity contribution is -0.122. The maximum absolute atomic E-state index is 12.6. The van der Waals surface area contributed by atoms with Crippen LogP contribution in [0.5, 0.6) is 0 Å². The number of anilines is 1. The summed E-state index contributed by atoms with van der Waals surface area (Å²) in [5.74, 6) is -0.487. The molecule has 2 aromatic rings. The summed E-state index contributed by atoms with van der Waals surface area (Å²) < 4.78 is 0. The monoisotopic (exact) mass is 309 g/mol. The average molecular weight is 309 g/mol. The van der Waals surface area contributed by atoms with E-state index in [-0.39, 0.29) is 6.03 Å². The summed E-state index contributed by atoms with van der Waals surface area (Å²) in [4.78, 5) is 25.9. The minimum absolute atomic E-state index is 0.311. The van der Waals surface area contributed by atoms with E-state index in [1.165, 1.54) is 4.90 Å². The van der Waals surface area contributed by atoms with Crippen molar-refractivity contribution in [2.45, 2.75) is 25.9 Å². The molecule has 0 fully saturated rings. The Balaban J connectivity index is 1.84. The van der Waals surface area contributed by atoms with Crippen molar-refractivity contribution in [3.63, 3.8) is 0 Å². The second kappa shape index (κ2) is 6.12. The Kier molecular flexibility index (Phi) is 4.02. The molecule has 0 saturated carbocycles. The smallest absolute Gasteiger partial charge is 0.322 e. The molecule has 23 heavy (non-hydrogen) atoms. The van der Waals surface area contributed by atoms with Gasteiger partial charge in [-0.3, -0.25) is 4.79 Å². The van der Waals surface area contributed by atoms with E-state index in [2.05, 4.69) is 5.32 Å². The third-order valence-corrected chi connectivity index (χ3v) is 4.11. The molecule has 2 aromatic carbocycles. The third kappa shape index (κ3) is 3.18. The van der Waals surface area contributed by atoms with Crippen LogP contribution in [0.4, 0.5) is 10.5 Å². The van der Waals surface area contributed by atoms with Gasteiger partial charge in [0.2, 0.25) is 5.91 Å². The Morgan fingerprint density at radius 2 is 1.87 bits per heavy atom. The fourth-order valence-corrected chi connectivity index (χ4v) is 2.91. The lowest BCUT2D eigenvalue weighted by Gasteiger charge is -2.35. The summed E-state index contributed by atoms with van der Waals surface area (Å²) in [6.45, 7) is 2.33. The number of hydrogen-bond acceptors (Lipinski definition) is 2. The molecule has 1 heterocycles. The highest BCUT2D eigenvalue weighted by atomic mass is 16.2. The number of carbonyl (C=O) groups is 2. The highest BCUT2D eigenvalue weighted by Crippen LogP contribution is 2.24. The van der Waals surface area contributed by atoms with Gasteiger partial charge in [0.05, 0.1) is 0 Å². The molecule has 5 heteroatoms. The van der Waals surface area contributed by atoms with Crippen molar-refractivity contribution in [3.05, 3.63) is 65.2 Å². The first kappa shape index (κ1) is 15.1. The number of urea groups is 1. The van der Waals surface area contributed by atoms with Gasteiger partial charge in [0.15, 0.2) is 0 Å². The largest absolute Gasteiger partial charge is 0.368 e. The van der Waals surface area contributed by atoms with Crippen LogP contribution in [0.15, 0.2) is 48.5 Å². The summed E-state index contributed by atoms with van der Waals surface area (Å²) in [6.07, 6.45) is 0.451. The quantitative estimate of drug-likeness (QED) is 0.894. The predicted octanol–water partition coefficient (Wildman–Crippen LogP) is 2.44. The number of nitrogens with two attached hydrogens (primary N) is 1. The molecule has 5 nitrogen and oxygen atoms in total. The first-order valence-electron chi connectivity index (χ1n) is 7.55. The van der Waals surface area contributed by atoms with Crippen LogP contribution in [-0.4, -0.2) is 22.9 Å². The molecule has 1 aliphatic rings. The number of aryl methyl sites for hydroxylation is 1. The van der Waals surface area contributed by atoms with Gasteiger partial charge in [0, 0.05) is 18.7 Å². The van der Waals surface area contributed by atoms with Gasteiger partial charge in [-0.25, -0.2) is 4.79 Å². The summed E-state index contributed by atoms with van der Waals surface area (Å²) in [6, 6.07) is 14.4. The zero-order valence-electron chi connectivity index (χ0n) is 13.0. The molecule has 0 radical (unpaired) electrons. The standard InChI is InChI=1S/C18H19N3O2/c1-12-5-4-8-15(9-12)20-18(23)21-11-14-7-3-2-6-13(14)10-16(21)17(19)22/h2-9,16H,10-11H2,1H3,(H2,19,22)(H,20,23)/t16-/m0/s1. The zero-order valence-corrected chi connectivity index (χ0v) is 13.0. The van der Waals surface area contributed by atoms with Crippen LogP contribution in [0, 0.1) is 6.92 Å². The zero-order chi connectivity index (χ0) is 16.4. The van der Waals surface area contributed by atoms with Crippen LogP contribution in [0.3, 0.4) is 0 Å². The highest BCUT2D eigenvalue weighted by Gasteiger charge is 2.33. The van der Waals surface area contributed by atoms with Crippen molar-refractivity contribution in [2.75, 3.05) is 5.32 Å². The van der Waals surface area contributed by atoms with Gasteiger partial charge in [-0.15, -0.1) is 0 Å². The van der Waals surface area contributed by atoms with E-state index in [0.29, 0.717) is 18.7 Å². The van der Waals surface area contributed by atoms with Crippen LogP contribution < -0.4 is 11.1 Å². The van der Waals surface area contributed by atoms with Crippen LogP contribution >= 0.6 is 0 Å². The molecule has 1 atom stereocenters. The van der Waals surface area contributed by atoms with Crippen molar-refractivity contribution in [1.29, 1.82) is 0 Å². The van der Waals surface area contributed by atoms with Crippen LogP contribution in [0.25, 0.3) is 0 Å². The number of benzene rings is 2. The Labute approximate surface area is 135 Å². The van der Waals surface area contributed by atoms with Crippen molar-refractivity contribution < 1.29 is 9.59 Å². The fraction of sp³-hybridized carbons (Fsp3) is 0.222. The Hall–Kier alpha value is -2.82. The second-order valence-corrected chi connectivity index (χ2v) is 5.82. The van der Waals surface area contributed by atoms with Crippen molar-refractivity contribution in [2.24, 2.45) is 5.73 Å². The summed E-state index contributed by atoms with van der Waals surface area (Å²) in [5.41, 5.74) is 9.38. The Morgan fingerprint density at radius 3 is 2.57 bits per heavy atom. The molecule has 1 aliphatic heterocycles.